The first kappa shape index (κ1) is 17.4. The van der Waals surface area contributed by atoms with E-state index < -0.39 is 5.97 Å². The summed E-state index contributed by atoms with van der Waals surface area (Å²) in [5, 5.41) is 14.6. The summed E-state index contributed by atoms with van der Waals surface area (Å²) in [5.74, 6) is -1.10. The molecule has 5 N–H and O–H groups in total. The minimum absolute atomic E-state index is 0.0880. The van der Waals surface area contributed by atoms with Crippen LogP contribution in [0.25, 0.3) is 0 Å². The van der Waals surface area contributed by atoms with Gasteiger partial charge in [0.1, 0.15) is 0 Å². The predicted molar refractivity (Wildman–Crippen MR) is 88.5 cm³/mol. The third kappa shape index (κ3) is 5.65. The molecule has 0 saturated carbocycles. The monoisotopic (exact) mass is 319 g/mol. The lowest BCUT2D eigenvalue weighted by Crippen LogP contribution is -2.41. The van der Waals surface area contributed by atoms with Crippen LogP contribution in [0.5, 0.6) is 0 Å². The zero-order valence-corrected chi connectivity index (χ0v) is 13.3. The molecule has 126 valence electrons. The fourth-order valence-electron chi connectivity index (χ4n) is 2.98. The maximum Gasteiger partial charge on any atom is 0.317 e. The van der Waals surface area contributed by atoms with Crippen molar-refractivity contribution in [1.29, 1.82) is 0 Å². The summed E-state index contributed by atoms with van der Waals surface area (Å²) in [6.07, 6.45) is 5.52. The largest absolute Gasteiger partial charge is 0.480 e. The van der Waals surface area contributed by atoms with Crippen LogP contribution in [0, 0.1) is 0 Å². The number of amides is 1. The highest BCUT2D eigenvalue weighted by atomic mass is 16.4. The summed E-state index contributed by atoms with van der Waals surface area (Å²) in [4.78, 5) is 21.0. The fourth-order valence-corrected chi connectivity index (χ4v) is 2.98. The van der Waals surface area contributed by atoms with Crippen molar-refractivity contribution in [3.05, 3.63) is 34.9 Å². The van der Waals surface area contributed by atoms with E-state index in [9.17, 15) is 9.59 Å². The standard InChI is InChI=1S/C10H11NO.C7H14N2O2/c11-10(12)9-5-4-7-2-1-3-8(7)6-9;10-7(11)5-9-6-1-3-8-4-2-6/h4-6H,1-3H2,(H2,11,12);6,8-9H,1-5H2,(H,10,11). The Morgan fingerprint density at radius 1 is 1.22 bits per heavy atom. The highest BCUT2D eigenvalue weighted by Gasteiger charge is 2.13. The van der Waals surface area contributed by atoms with Gasteiger partial charge in [-0.3, -0.25) is 9.59 Å². The second-order valence-corrected chi connectivity index (χ2v) is 6.00. The fraction of sp³-hybridized carbons (Fsp3) is 0.529. The third-order valence-electron chi connectivity index (χ3n) is 4.26. The molecule has 1 fully saturated rings. The summed E-state index contributed by atoms with van der Waals surface area (Å²) in [5.41, 5.74) is 8.48. The number of hydrogen-bond acceptors (Lipinski definition) is 4. The van der Waals surface area contributed by atoms with Crippen LogP contribution in [0.15, 0.2) is 18.2 Å². The number of aryl methyl sites for hydroxylation is 2. The molecule has 1 aliphatic carbocycles. The average Bonchev–Trinajstić information content (AvgIpc) is 3.02. The van der Waals surface area contributed by atoms with Gasteiger partial charge >= 0.3 is 5.97 Å². The Kier molecular flexibility index (Phi) is 6.55. The molecule has 0 bridgehead atoms. The quantitative estimate of drug-likeness (QED) is 0.653. The van der Waals surface area contributed by atoms with Crippen molar-refractivity contribution in [2.24, 2.45) is 5.73 Å². The van der Waals surface area contributed by atoms with Crippen LogP contribution in [0.3, 0.4) is 0 Å². The lowest BCUT2D eigenvalue weighted by Gasteiger charge is -2.22. The number of piperidine rings is 1. The maximum absolute atomic E-state index is 10.8. The van der Waals surface area contributed by atoms with E-state index >= 15 is 0 Å². The molecule has 1 amide bonds. The molecule has 1 saturated heterocycles. The number of benzene rings is 1. The van der Waals surface area contributed by atoms with Crippen molar-refractivity contribution < 1.29 is 14.7 Å². The Morgan fingerprint density at radius 3 is 2.57 bits per heavy atom. The molecule has 1 aromatic carbocycles. The van der Waals surface area contributed by atoms with Crippen LogP contribution < -0.4 is 16.4 Å². The van der Waals surface area contributed by atoms with Gasteiger partial charge in [-0.1, -0.05) is 6.07 Å². The van der Waals surface area contributed by atoms with E-state index in [-0.39, 0.29) is 12.5 Å². The first-order chi connectivity index (χ1) is 11.1. The zero-order valence-electron chi connectivity index (χ0n) is 13.3. The van der Waals surface area contributed by atoms with Crippen molar-refractivity contribution >= 4 is 11.9 Å². The Hall–Kier alpha value is -1.92. The van der Waals surface area contributed by atoms with Gasteiger partial charge in [0.25, 0.3) is 0 Å². The number of rotatable bonds is 4. The van der Waals surface area contributed by atoms with Gasteiger partial charge < -0.3 is 21.5 Å². The molecule has 0 atom stereocenters. The SMILES string of the molecule is NC(=O)c1ccc2c(c1)CCC2.O=C(O)CNC1CCNCC1. The molecule has 0 unspecified atom stereocenters. The van der Waals surface area contributed by atoms with Crippen molar-refractivity contribution in [1.82, 2.24) is 10.6 Å². The number of carbonyl (C=O) groups excluding carboxylic acids is 1. The zero-order chi connectivity index (χ0) is 16.7. The number of carboxylic acid groups (broad SMARTS) is 1. The topological polar surface area (TPSA) is 104 Å². The first-order valence-electron chi connectivity index (χ1n) is 8.14. The lowest BCUT2D eigenvalue weighted by molar-refractivity contribution is -0.136. The summed E-state index contributed by atoms with van der Waals surface area (Å²) in [6.45, 7) is 2.08. The van der Waals surface area contributed by atoms with Gasteiger partial charge in [-0.15, -0.1) is 0 Å². The highest BCUT2D eigenvalue weighted by Crippen LogP contribution is 2.22. The second-order valence-electron chi connectivity index (χ2n) is 6.00. The molecule has 1 heterocycles. The van der Waals surface area contributed by atoms with Crippen LogP contribution in [0.2, 0.25) is 0 Å². The Morgan fingerprint density at radius 2 is 1.91 bits per heavy atom. The number of fused-ring (bicyclic) bond motifs is 1. The van der Waals surface area contributed by atoms with Gasteiger partial charge in [0.2, 0.25) is 5.91 Å². The molecule has 0 aromatic heterocycles. The van der Waals surface area contributed by atoms with Crippen LogP contribution >= 0.6 is 0 Å². The van der Waals surface area contributed by atoms with E-state index in [0.717, 1.165) is 38.8 Å². The molecule has 1 aliphatic heterocycles. The van der Waals surface area contributed by atoms with Crippen LogP contribution in [-0.4, -0.2) is 42.7 Å². The molecule has 6 heteroatoms. The summed E-state index contributed by atoms with van der Waals surface area (Å²) < 4.78 is 0. The average molecular weight is 319 g/mol. The Balaban J connectivity index is 0.000000168. The Labute approximate surface area is 136 Å². The Bertz CT molecular complexity index is 554. The molecule has 3 rings (SSSR count). The van der Waals surface area contributed by atoms with Gasteiger partial charge in [0, 0.05) is 11.6 Å². The van der Waals surface area contributed by atoms with E-state index in [1.807, 2.05) is 18.2 Å². The summed E-state index contributed by atoms with van der Waals surface area (Å²) in [7, 11) is 0. The molecule has 0 radical (unpaired) electrons. The van der Waals surface area contributed by atoms with Crippen molar-refractivity contribution in [2.45, 2.75) is 38.1 Å². The number of aliphatic carboxylic acids is 1. The third-order valence-corrected chi connectivity index (χ3v) is 4.26. The van der Waals surface area contributed by atoms with E-state index in [4.69, 9.17) is 10.8 Å². The number of carboxylic acids is 1. The van der Waals surface area contributed by atoms with Crippen molar-refractivity contribution in [2.75, 3.05) is 19.6 Å². The van der Waals surface area contributed by atoms with E-state index in [1.165, 1.54) is 17.5 Å². The molecule has 1 aromatic rings. The van der Waals surface area contributed by atoms with Gasteiger partial charge in [-0.2, -0.15) is 0 Å². The van der Waals surface area contributed by atoms with Gasteiger partial charge in [-0.05, 0) is 68.5 Å². The van der Waals surface area contributed by atoms with Gasteiger partial charge in [-0.25, -0.2) is 0 Å². The summed E-state index contributed by atoms with van der Waals surface area (Å²) >= 11 is 0. The molecule has 2 aliphatic rings. The predicted octanol–water partition coefficient (Wildman–Crippen LogP) is 0.687. The van der Waals surface area contributed by atoms with Gasteiger partial charge in [0.05, 0.1) is 6.54 Å². The molecular weight excluding hydrogens is 294 g/mol. The lowest BCUT2D eigenvalue weighted by atomic mass is 10.1. The second kappa shape index (κ2) is 8.64. The van der Waals surface area contributed by atoms with Crippen molar-refractivity contribution in [3.8, 4) is 0 Å². The number of nitrogens with one attached hydrogen (secondary N) is 2. The minimum Gasteiger partial charge on any atom is -0.480 e. The normalized spacial score (nSPS) is 17.0. The maximum atomic E-state index is 10.8. The first-order valence-corrected chi connectivity index (χ1v) is 8.14. The number of carbonyl (C=O) groups is 2. The highest BCUT2D eigenvalue weighted by molar-refractivity contribution is 5.93. The smallest absolute Gasteiger partial charge is 0.317 e. The van der Waals surface area contributed by atoms with Crippen molar-refractivity contribution in [3.63, 3.8) is 0 Å². The van der Waals surface area contributed by atoms with Crippen LogP contribution in [0.4, 0.5) is 0 Å². The van der Waals surface area contributed by atoms with Crippen LogP contribution in [0.1, 0.15) is 40.7 Å². The number of nitrogens with two attached hydrogens (primary N) is 1. The minimum atomic E-state index is -0.775. The molecular formula is C17H25N3O3. The van der Waals surface area contributed by atoms with E-state index in [1.54, 1.807) is 0 Å². The number of hydrogen-bond donors (Lipinski definition) is 4. The van der Waals surface area contributed by atoms with E-state index in [2.05, 4.69) is 10.6 Å². The molecule has 6 nitrogen and oxygen atoms in total. The van der Waals surface area contributed by atoms with E-state index in [0.29, 0.717) is 11.6 Å². The number of primary amides is 1. The van der Waals surface area contributed by atoms with Crippen LogP contribution in [-0.2, 0) is 17.6 Å². The molecule has 23 heavy (non-hydrogen) atoms. The molecule has 0 spiro atoms. The van der Waals surface area contributed by atoms with Gasteiger partial charge in [0.15, 0.2) is 0 Å². The summed E-state index contributed by atoms with van der Waals surface area (Å²) in [6, 6.07) is 6.15.